The van der Waals surface area contributed by atoms with Crippen LogP contribution in [0.3, 0.4) is 0 Å². The van der Waals surface area contributed by atoms with Gasteiger partial charge in [-0.15, -0.1) is 0 Å². The third kappa shape index (κ3) is 21.9. The Morgan fingerprint density at radius 2 is 1.17 bits per heavy atom. The van der Waals surface area contributed by atoms with Crippen LogP contribution in [0.1, 0.15) is 116 Å². The highest BCUT2D eigenvalue weighted by Gasteiger charge is 2.08. The lowest BCUT2D eigenvalue weighted by Gasteiger charge is -2.06. The number of hydrogen-bond donors (Lipinski definition) is 1. The summed E-state index contributed by atoms with van der Waals surface area (Å²) in [4.78, 5) is 11.7. The normalized spacial score (nSPS) is 11.7. The minimum Gasteiger partial charge on any atom is -0.356 e. The maximum absolute atomic E-state index is 11.7. The van der Waals surface area contributed by atoms with Gasteiger partial charge < -0.3 is 5.32 Å². The molecule has 6 nitrogen and oxygen atoms in total. The Morgan fingerprint density at radius 3 is 1.62 bits per heavy atom. The summed E-state index contributed by atoms with van der Waals surface area (Å²) in [5.41, 5.74) is 0. The zero-order chi connectivity index (χ0) is 21.6. The monoisotopic (exact) mass is 435 g/mol. The van der Waals surface area contributed by atoms with Crippen LogP contribution in [-0.2, 0) is 23.6 Å². The van der Waals surface area contributed by atoms with Crippen LogP contribution < -0.4 is 5.32 Å². The van der Waals surface area contributed by atoms with Crippen molar-refractivity contribution in [3.63, 3.8) is 0 Å². The molecule has 1 N–H and O–H groups in total. The summed E-state index contributed by atoms with van der Waals surface area (Å²) in [6, 6.07) is 0. The molecule has 0 unspecified atom stereocenters. The molecule has 174 valence electrons. The molecule has 29 heavy (non-hydrogen) atoms. The van der Waals surface area contributed by atoms with Crippen LogP contribution in [0.5, 0.6) is 0 Å². The lowest BCUT2D eigenvalue weighted by atomic mass is 10.0. The summed E-state index contributed by atoms with van der Waals surface area (Å²) in [6.45, 7) is 2.69. The number of hydrogen-bond acceptors (Lipinski definition) is 5. The first kappa shape index (κ1) is 28.3. The lowest BCUT2D eigenvalue weighted by Crippen LogP contribution is -2.25. The van der Waals surface area contributed by atoms with Gasteiger partial charge in [-0.2, -0.15) is 8.42 Å². The van der Waals surface area contributed by atoms with E-state index in [9.17, 15) is 13.2 Å². The Labute approximate surface area is 179 Å². The fourth-order valence-corrected chi connectivity index (χ4v) is 3.67. The smallest absolute Gasteiger partial charge is 0.356 e. The first-order valence-electron chi connectivity index (χ1n) is 11.7. The van der Waals surface area contributed by atoms with Gasteiger partial charge in [-0.3, -0.25) is 8.98 Å². The first-order valence-corrected chi connectivity index (χ1v) is 13.1. The van der Waals surface area contributed by atoms with Crippen LogP contribution in [-0.4, -0.2) is 34.6 Å². The van der Waals surface area contributed by atoms with Gasteiger partial charge in [-0.05, 0) is 12.8 Å². The van der Waals surface area contributed by atoms with Crippen LogP contribution in [0, 0.1) is 0 Å². The van der Waals surface area contributed by atoms with E-state index in [1.165, 1.54) is 83.5 Å². The second-order valence-electron chi connectivity index (χ2n) is 7.80. The quantitative estimate of drug-likeness (QED) is 0.222. The van der Waals surface area contributed by atoms with Crippen molar-refractivity contribution in [2.45, 2.75) is 116 Å². The number of carbonyl (C=O) groups is 1. The van der Waals surface area contributed by atoms with Gasteiger partial charge in [-0.25, -0.2) is 4.18 Å². The van der Waals surface area contributed by atoms with Crippen LogP contribution in [0.2, 0.25) is 0 Å². The third-order valence-corrected chi connectivity index (χ3v) is 5.95. The lowest BCUT2D eigenvalue weighted by molar-refractivity contribution is -0.121. The topological polar surface area (TPSA) is 81.7 Å². The number of carbonyl (C=O) groups excluding carboxylic acids is 1. The summed E-state index contributed by atoms with van der Waals surface area (Å²) in [6.07, 6.45) is 20.6. The molecule has 0 saturated heterocycles. The molecule has 1 amide bonds. The maximum atomic E-state index is 11.7. The van der Waals surface area contributed by atoms with Crippen LogP contribution in [0.25, 0.3) is 0 Å². The average Bonchev–Trinajstić information content (AvgIpc) is 2.70. The van der Waals surface area contributed by atoms with Crippen LogP contribution in [0.4, 0.5) is 0 Å². The number of nitrogens with one attached hydrogen (secondary N) is 1. The minimum atomic E-state index is -3.87. The molecule has 0 aromatic carbocycles. The number of unbranched alkanes of at least 4 members (excludes halogenated alkanes) is 14. The number of amides is 1. The molecule has 0 heterocycles. The zero-order valence-electron chi connectivity index (χ0n) is 18.9. The minimum absolute atomic E-state index is 0.00934. The molecule has 0 aromatic rings. The van der Waals surface area contributed by atoms with E-state index >= 15 is 0 Å². The van der Waals surface area contributed by atoms with E-state index in [4.69, 9.17) is 0 Å². The second kappa shape index (κ2) is 20.6. The van der Waals surface area contributed by atoms with E-state index in [0.29, 0.717) is 19.4 Å². The third-order valence-electron chi connectivity index (χ3n) is 5.08. The van der Waals surface area contributed by atoms with Crippen LogP contribution in [0.15, 0.2) is 0 Å². The van der Waals surface area contributed by atoms with Crippen molar-refractivity contribution in [2.24, 2.45) is 0 Å². The van der Waals surface area contributed by atoms with E-state index < -0.39 is 10.4 Å². The molecule has 0 spiro atoms. The fraction of sp³-hybridized carbons (Fsp3) is 0.955. The Morgan fingerprint density at radius 1 is 0.724 bits per heavy atom. The Balaban J connectivity index is 3.23. The molecule has 0 bridgehead atoms. The van der Waals surface area contributed by atoms with E-state index in [0.717, 1.165) is 20.0 Å². The summed E-state index contributed by atoms with van der Waals surface area (Å²) >= 11 is 0. The Kier molecular flexibility index (Phi) is 20.1. The highest BCUT2D eigenvalue weighted by molar-refractivity contribution is 7.81. The summed E-state index contributed by atoms with van der Waals surface area (Å²) in [7, 11) is -2.82. The van der Waals surface area contributed by atoms with Crippen molar-refractivity contribution >= 4 is 16.3 Å². The van der Waals surface area contributed by atoms with Gasteiger partial charge in [0, 0.05) is 13.0 Å². The first-order chi connectivity index (χ1) is 14.0. The maximum Gasteiger partial charge on any atom is 0.399 e. The summed E-state index contributed by atoms with van der Waals surface area (Å²) < 4.78 is 30.6. The second-order valence-corrected chi connectivity index (χ2v) is 9.19. The zero-order valence-corrected chi connectivity index (χ0v) is 19.7. The van der Waals surface area contributed by atoms with Crippen molar-refractivity contribution in [3.8, 4) is 0 Å². The van der Waals surface area contributed by atoms with Crippen molar-refractivity contribution in [3.05, 3.63) is 0 Å². The molecule has 0 aromatic heterocycles. The van der Waals surface area contributed by atoms with Gasteiger partial charge in [0.05, 0.1) is 13.7 Å². The molecule has 0 aliphatic rings. The average molecular weight is 436 g/mol. The van der Waals surface area contributed by atoms with E-state index in [1.54, 1.807) is 0 Å². The molecule has 0 aliphatic carbocycles. The molecule has 0 atom stereocenters. The Hall–Kier alpha value is -0.660. The Bertz CT molecular complexity index is 468. The predicted molar refractivity (Wildman–Crippen MR) is 119 cm³/mol. The van der Waals surface area contributed by atoms with E-state index in [2.05, 4.69) is 20.6 Å². The molecule has 0 radical (unpaired) electrons. The van der Waals surface area contributed by atoms with Crippen LogP contribution >= 0.6 is 0 Å². The molecule has 0 saturated carbocycles. The molecule has 7 heteroatoms. The van der Waals surface area contributed by atoms with Gasteiger partial charge in [-0.1, -0.05) is 96.8 Å². The van der Waals surface area contributed by atoms with Gasteiger partial charge in [0.2, 0.25) is 5.91 Å². The molecular weight excluding hydrogens is 390 g/mol. The highest BCUT2D eigenvalue weighted by Crippen LogP contribution is 2.13. The SMILES string of the molecule is CCCCCCCCCCCCCCCCCC(=O)NCCCOS(=O)(=O)OC. The van der Waals surface area contributed by atoms with Gasteiger partial charge in [0.15, 0.2) is 0 Å². The van der Waals surface area contributed by atoms with Gasteiger partial charge in [0.25, 0.3) is 0 Å². The standard InChI is InChI=1S/C22H45NO5S/c1-3-4-5-6-7-8-9-10-11-12-13-14-15-16-17-19-22(24)23-20-18-21-28-29(25,26)27-2/h3-21H2,1-2H3,(H,23,24). The fourth-order valence-electron chi connectivity index (χ4n) is 3.25. The van der Waals surface area contributed by atoms with Gasteiger partial charge in [0.1, 0.15) is 0 Å². The van der Waals surface area contributed by atoms with E-state index in [1.807, 2.05) is 0 Å². The van der Waals surface area contributed by atoms with Gasteiger partial charge >= 0.3 is 10.4 Å². The molecule has 0 rings (SSSR count). The van der Waals surface area contributed by atoms with Crippen molar-refractivity contribution in [1.82, 2.24) is 5.32 Å². The number of rotatable bonds is 22. The molecular formula is C22H45NO5S. The molecule has 0 fully saturated rings. The highest BCUT2D eigenvalue weighted by atomic mass is 32.3. The predicted octanol–water partition coefficient (Wildman–Crippen LogP) is 5.66. The van der Waals surface area contributed by atoms with Crippen molar-refractivity contribution in [2.75, 3.05) is 20.3 Å². The summed E-state index contributed by atoms with van der Waals surface area (Å²) in [5.74, 6) is 0.0225. The molecule has 0 aliphatic heterocycles. The van der Waals surface area contributed by atoms with E-state index in [-0.39, 0.29) is 12.5 Å². The van der Waals surface area contributed by atoms with Crippen molar-refractivity contribution < 1.29 is 21.6 Å². The van der Waals surface area contributed by atoms with Crippen molar-refractivity contribution in [1.29, 1.82) is 0 Å². The largest absolute Gasteiger partial charge is 0.399 e. The summed E-state index contributed by atoms with van der Waals surface area (Å²) in [5, 5.41) is 2.78.